The van der Waals surface area contributed by atoms with E-state index in [0.717, 1.165) is 152 Å². The van der Waals surface area contributed by atoms with Crippen LogP contribution in [-0.2, 0) is 19.2 Å². The van der Waals surface area contributed by atoms with E-state index in [4.69, 9.17) is 26.0 Å². The lowest BCUT2D eigenvalue weighted by molar-refractivity contribution is -0.137. The molecular formula is C81H108Cl2N12O8. The van der Waals surface area contributed by atoms with Crippen molar-refractivity contribution in [2.24, 2.45) is 17.2 Å². The molecule has 5 aliphatic rings. The second kappa shape index (κ2) is 39.7. The number of halogens is 2. The van der Waals surface area contributed by atoms with Gasteiger partial charge in [0.1, 0.15) is 61.5 Å². The summed E-state index contributed by atoms with van der Waals surface area (Å²) in [4.78, 5) is 98.0. The SMILES string of the molecule is CCN(CC)c1ccc2c(-c3ccccc3C(=O)N3CCN(C(=O)CC[C@H](NC(=O)CN(CCCCCCN)C(=O)CN(CCCCCCN)C(=O)c4ccccc4-c4c5ccc(=[N+](CC)CC)cc-5oc5cc(N(CC)CC)ccc45)C(N)=O)CC3)c3ccc(=[N+](CC)CC)cc-3oc2c1.[Cl-].[Cl-]. The number of unbranched alkanes of at least 4 members (excludes halogenated alkanes) is 6. The lowest BCUT2D eigenvalue weighted by atomic mass is 9.90. The van der Waals surface area contributed by atoms with Crippen molar-refractivity contribution in [3.8, 4) is 44.9 Å². The minimum atomic E-state index is -1.23. The number of nitrogens with zero attached hydrogens (tertiary/aromatic N) is 8. The van der Waals surface area contributed by atoms with E-state index >= 15 is 9.59 Å². The van der Waals surface area contributed by atoms with Crippen LogP contribution in [0.25, 0.3) is 66.8 Å². The number of anilines is 2. The average molecular weight is 1450 g/mol. The lowest BCUT2D eigenvalue weighted by Crippen LogP contribution is -3.00. The maximum atomic E-state index is 15.6. The van der Waals surface area contributed by atoms with E-state index in [0.29, 0.717) is 65.3 Å². The number of piperazine rings is 1. The number of benzene rings is 6. The summed E-state index contributed by atoms with van der Waals surface area (Å²) in [5.74, 6) is -1.25. The van der Waals surface area contributed by atoms with Crippen molar-refractivity contribution < 1.29 is 62.4 Å². The second-order valence-electron chi connectivity index (χ2n) is 26.1. The fourth-order valence-corrected chi connectivity index (χ4v) is 14.3. The minimum absolute atomic E-state index is 0. The van der Waals surface area contributed by atoms with Gasteiger partial charge < -0.3 is 85.6 Å². The van der Waals surface area contributed by atoms with Gasteiger partial charge in [-0.3, -0.25) is 28.8 Å². The molecule has 0 bridgehead atoms. The summed E-state index contributed by atoms with van der Waals surface area (Å²) in [6.07, 6.45) is 5.81. The summed E-state index contributed by atoms with van der Waals surface area (Å²) < 4.78 is 18.1. The van der Waals surface area contributed by atoms with Gasteiger partial charge in [-0.05, 0) is 160 Å². The van der Waals surface area contributed by atoms with E-state index in [2.05, 4.69) is 152 Å². The van der Waals surface area contributed by atoms with Crippen molar-refractivity contribution in [2.75, 3.05) is 128 Å². The van der Waals surface area contributed by atoms with Gasteiger partial charge in [-0.1, -0.05) is 62.1 Å². The van der Waals surface area contributed by atoms with Crippen LogP contribution in [0.15, 0.2) is 130 Å². The van der Waals surface area contributed by atoms with E-state index in [1.54, 1.807) is 14.7 Å². The molecule has 22 heteroatoms. The maximum absolute atomic E-state index is 15.6. The van der Waals surface area contributed by atoms with Crippen molar-refractivity contribution in [1.82, 2.24) is 34.1 Å². The number of fused-ring (bicyclic) bond motifs is 4. The van der Waals surface area contributed by atoms with Gasteiger partial charge in [0.15, 0.2) is 0 Å². The number of carbonyl (C=O) groups is 6. The Morgan fingerprint density at radius 3 is 1.42 bits per heavy atom. The second-order valence-corrected chi connectivity index (χ2v) is 26.1. The zero-order valence-electron chi connectivity index (χ0n) is 61.8. The normalized spacial score (nSPS) is 12.4. The Kier molecular flexibility index (Phi) is 31.4. The summed E-state index contributed by atoms with van der Waals surface area (Å²) in [7, 11) is 0. The van der Waals surface area contributed by atoms with Crippen LogP contribution >= 0.6 is 0 Å². The van der Waals surface area contributed by atoms with Gasteiger partial charge in [-0.15, -0.1) is 0 Å². The molecule has 20 nitrogen and oxygen atoms in total. The van der Waals surface area contributed by atoms with Gasteiger partial charge in [0.05, 0.1) is 18.7 Å². The Hall–Kier alpha value is -8.82. The number of primary amides is 1. The number of hydrogen-bond donors (Lipinski definition) is 4. The highest BCUT2D eigenvalue weighted by atomic mass is 35.5. The topological polar surface area (TPSA) is 244 Å². The molecule has 1 saturated heterocycles. The predicted molar refractivity (Wildman–Crippen MR) is 407 cm³/mol. The zero-order chi connectivity index (χ0) is 72.1. The standard InChI is InChI=1S/C81H106N12O8.2ClH/c1-9-86(10-2)57-33-37-65-70(51-57)100-71-52-58(87(11-3)12-4)34-38-66(71)77(65)61-29-21-23-31-63(61)80(98)91-49-47-90(48-50-91)75(95)42-41-69(79(84)97)85-74(94)55-92(45-27-19-17-25-43-82)76(96)56-93(46-28-20-18-26-44-83)81(99)64-32-24-22-30-62(64)78-67-39-35-59(88(13-5)14-6)53-72(67)101-73-54-60(36-40-68(73)78)89(15-7)16-8;;/h21-24,29-40,51-54,69H,9-20,25-28,41-50,55-56,82-83H2,1-8H3,(H-2,84,85,94,97);2*1H/t69-;;/m0../s1. The summed E-state index contributed by atoms with van der Waals surface area (Å²) in [5.41, 5.74) is 27.1. The Morgan fingerprint density at radius 1 is 0.505 bits per heavy atom. The number of hydrogen-bond acceptors (Lipinski definition) is 12. The highest BCUT2D eigenvalue weighted by molar-refractivity contribution is 6.11. The van der Waals surface area contributed by atoms with Crippen LogP contribution in [0.2, 0.25) is 0 Å². The lowest BCUT2D eigenvalue weighted by Gasteiger charge is -2.35. The van der Waals surface area contributed by atoms with Gasteiger partial charge in [0, 0.05) is 152 Å². The van der Waals surface area contributed by atoms with E-state index < -0.39 is 30.3 Å². The molecule has 2 aliphatic carbocycles. The first kappa shape index (κ1) is 81.5. The highest BCUT2D eigenvalue weighted by Crippen LogP contribution is 2.44. The van der Waals surface area contributed by atoms with E-state index in [-0.39, 0.29) is 101 Å². The highest BCUT2D eigenvalue weighted by Gasteiger charge is 2.32. The van der Waals surface area contributed by atoms with Crippen LogP contribution in [0.1, 0.15) is 140 Å². The summed E-state index contributed by atoms with van der Waals surface area (Å²) >= 11 is 0. The van der Waals surface area contributed by atoms with Crippen molar-refractivity contribution >= 4 is 68.8 Å². The van der Waals surface area contributed by atoms with Gasteiger partial charge in [0.25, 0.3) is 11.8 Å². The van der Waals surface area contributed by atoms with Gasteiger partial charge in [-0.25, -0.2) is 9.15 Å². The molecule has 6 amide bonds. The number of nitrogens with two attached hydrogens (primary N) is 3. The Bertz CT molecular complexity index is 4260. The average Bonchev–Trinajstić information content (AvgIpc) is 0.750. The minimum Gasteiger partial charge on any atom is -1.00 e. The number of rotatable bonds is 35. The smallest absolute Gasteiger partial charge is 0.254 e. The molecule has 1 fully saturated rings. The Labute approximate surface area is 620 Å². The third kappa shape index (κ3) is 19.7. The predicted octanol–water partition coefficient (Wildman–Crippen LogP) is 4.09. The molecule has 0 unspecified atom stereocenters. The zero-order valence-corrected chi connectivity index (χ0v) is 63.3. The van der Waals surface area contributed by atoms with Crippen LogP contribution in [0.4, 0.5) is 11.4 Å². The molecule has 0 spiro atoms. The summed E-state index contributed by atoms with van der Waals surface area (Å²) in [6, 6.07) is 39.0. The van der Waals surface area contributed by atoms with Gasteiger partial charge in [-0.2, -0.15) is 0 Å². The van der Waals surface area contributed by atoms with Crippen molar-refractivity contribution in [3.63, 3.8) is 0 Å². The summed E-state index contributed by atoms with van der Waals surface area (Å²) in [5, 5.41) is 6.55. The third-order valence-electron chi connectivity index (χ3n) is 20.1. The summed E-state index contributed by atoms with van der Waals surface area (Å²) in [6.45, 7) is 25.5. The van der Waals surface area contributed by atoms with Gasteiger partial charge >= 0.3 is 0 Å². The molecule has 4 aromatic carbocycles. The Morgan fingerprint density at radius 2 is 0.951 bits per heavy atom. The molecule has 0 saturated carbocycles. The largest absolute Gasteiger partial charge is 1.00 e. The van der Waals surface area contributed by atoms with Crippen LogP contribution in [-0.4, -0.2) is 179 Å². The molecule has 554 valence electrons. The van der Waals surface area contributed by atoms with Gasteiger partial charge in [0.2, 0.25) is 34.3 Å². The molecule has 1 atom stereocenters. The van der Waals surface area contributed by atoms with E-state index in [1.807, 2.05) is 48.5 Å². The molecule has 7 N–H and O–H groups in total. The number of carbonyl (C=O) groups excluding carboxylic acids is 6. The number of amides is 6. The van der Waals surface area contributed by atoms with Crippen LogP contribution in [0, 0.1) is 0 Å². The number of nitrogens with one attached hydrogen (secondary N) is 1. The van der Waals surface area contributed by atoms with Crippen molar-refractivity contribution in [3.05, 3.63) is 143 Å². The van der Waals surface area contributed by atoms with E-state index in [9.17, 15) is 19.2 Å². The van der Waals surface area contributed by atoms with Crippen LogP contribution in [0.3, 0.4) is 0 Å². The first-order valence-electron chi connectivity index (χ1n) is 37.1. The molecule has 3 heterocycles. The molecule has 3 aliphatic heterocycles. The first-order valence-corrected chi connectivity index (χ1v) is 37.1. The molecule has 0 radical (unpaired) electrons. The maximum Gasteiger partial charge on any atom is 0.254 e. The monoisotopic (exact) mass is 1450 g/mol. The quantitative estimate of drug-likeness (QED) is 0.0250. The fraction of sp³-hybridized carbons (Fsp3) is 0.457. The van der Waals surface area contributed by atoms with Crippen LogP contribution in [0.5, 0.6) is 0 Å². The molecular weight excluding hydrogens is 1340 g/mol. The molecule has 4 aromatic rings. The molecule has 0 aromatic heterocycles. The van der Waals surface area contributed by atoms with Crippen LogP contribution < -0.4 is 77.0 Å². The van der Waals surface area contributed by atoms with E-state index in [1.165, 1.54) is 4.90 Å². The Balaban J connectivity index is 0.00000743. The fourth-order valence-electron chi connectivity index (χ4n) is 14.3. The molecule has 9 rings (SSSR count). The third-order valence-corrected chi connectivity index (χ3v) is 20.1. The first-order chi connectivity index (χ1) is 49.1. The molecule has 103 heavy (non-hydrogen) atoms. The van der Waals surface area contributed by atoms with Crippen molar-refractivity contribution in [1.29, 1.82) is 0 Å². The van der Waals surface area contributed by atoms with Crippen molar-refractivity contribution in [2.45, 2.75) is 126 Å².